The Morgan fingerprint density at radius 1 is 1.32 bits per heavy atom. The lowest BCUT2D eigenvalue weighted by molar-refractivity contribution is -0.133. The number of amides is 1. The number of nitrogens with zero attached hydrogens (tertiary/aromatic N) is 2. The molecule has 2 rings (SSSR count). The van der Waals surface area contributed by atoms with Crippen molar-refractivity contribution in [3.05, 3.63) is 24.2 Å². The van der Waals surface area contributed by atoms with Crippen molar-refractivity contribution in [1.29, 1.82) is 0 Å². The van der Waals surface area contributed by atoms with E-state index in [0.29, 0.717) is 18.2 Å². The van der Waals surface area contributed by atoms with Gasteiger partial charge in [0.25, 0.3) is 0 Å². The largest absolute Gasteiger partial charge is 0.468 e. The van der Waals surface area contributed by atoms with Gasteiger partial charge in [0.05, 0.1) is 12.8 Å². The molecule has 1 saturated heterocycles. The molecule has 4 nitrogen and oxygen atoms in total. The number of furan rings is 1. The van der Waals surface area contributed by atoms with Gasteiger partial charge in [-0.3, -0.25) is 9.69 Å². The maximum absolute atomic E-state index is 12.0. The van der Waals surface area contributed by atoms with E-state index in [1.54, 1.807) is 6.26 Å². The zero-order valence-corrected chi connectivity index (χ0v) is 12.0. The Bertz CT molecular complexity index is 379. The van der Waals surface area contributed by atoms with Crippen LogP contribution < -0.4 is 0 Å². The van der Waals surface area contributed by atoms with Crippen molar-refractivity contribution in [3.8, 4) is 0 Å². The van der Waals surface area contributed by atoms with E-state index in [0.717, 1.165) is 44.9 Å². The normalized spacial score (nSPS) is 17.1. The number of hydrogen-bond acceptors (Lipinski definition) is 3. The van der Waals surface area contributed by atoms with Gasteiger partial charge in [0.2, 0.25) is 5.91 Å². The molecule has 106 valence electrons. The number of piperazine rings is 1. The summed E-state index contributed by atoms with van der Waals surface area (Å²) in [4.78, 5) is 16.4. The third-order valence-corrected chi connectivity index (χ3v) is 3.62. The highest BCUT2D eigenvalue weighted by Crippen LogP contribution is 2.11. The second-order valence-corrected chi connectivity index (χ2v) is 5.67. The van der Waals surface area contributed by atoms with Crippen LogP contribution in [-0.4, -0.2) is 41.9 Å². The van der Waals surface area contributed by atoms with Crippen LogP contribution in [0.4, 0.5) is 0 Å². The van der Waals surface area contributed by atoms with Crippen LogP contribution >= 0.6 is 0 Å². The molecule has 0 radical (unpaired) electrons. The van der Waals surface area contributed by atoms with Gasteiger partial charge in [-0.15, -0.1) is 0 Å². The van der Waals surface area contributed by atoms with Crippen LogP contribution in [0.25, 0.3) is 0 Å². The lowest BCUT2D eigenvalue weighted by atomic mass is 10.1. The summed E-state index contributed by atoms with van der Waals surface area (Å²) in [5.41, 5.74) is 0. The molecule has 1 aliphatic rings. The fourth-order valence-electron chi connectivity index (χ4n) is 2.35. The molecule has 0 spiro atoms. The van der Waals surface area contributed by atoms with Crippen molar-refractivity contribution in [2.24, 2.45) is 5.92 Å². The van der Waals surface area contributed by atoms with Gasteiger partial charge in [0.1, 0.15) is 5.76 Å². The van der Waals surface area contributed by atoms with Gasteiger partial charge in [-0.25, -0.2) is 0 Å². The van der Waals surface area contributed by atoms with E-state index in [1.807, 2.05) is 17.0 Å². The first-order valence-corrected chi connectivity index (χ1v) is 7.17. The smallest absolute Gasteiger partial charge is 0.222 e. The molecule has 2 heterocycles. The molecule has 1 aromatic rings. The Hall–Kier alpha value is -1.29. The highest BCUT2D eigenvalue weighted by Gasteiger charge is 2.21. The fraction of sp³-hybridized carbons (Fsp3) is 0.667. The van der Waals surface area contributed by atoms with Gasteiger partial charge in [-0.05, 0) is 24.5 Å². The first-order valence-electron chi connectivity index (χ1n) is 7.17. The zero-order chi connectivity index (χ0) is 13.7. The minimum Gasteiger partial charge on any atom is -0.468 e. The average molecular weight is 264 g/mol. The second-order valence-electron chi connectivity index (χ2n) is 5.67. The van der Waals surface area contributed by atoms with Gasteiger partial charge in [-0.1, -0.05) is 13.8 Å². The fourth-order valence-corrected chi connectivity index (χ4v) is 2.35. The Morgan fingerprint density at radius 2 is 2.05 bits per heavy atom. The molecule has 0 unspecified atom stereocenters. The standard InChI is InChI=1S/C15H24N2O2/c1-13(2)5-6-15(18)17-9-7-16(8-10-17)12-14-4-3-11-19-14/h3-4,11,13H,5-10,12H2,1-2H3. The summed E-state index contributed by atoms with van der Waals surface area (Å²) in [6, 6.07) is 3.92. The molecule has 0 bridgehead atoms. The lowest BCUT2D eigenvalue weighted by Crippen LogP contribution is -2.48. The molecule has 1 aliphatic heterocycles. The van der Waals surface area contributed by atoms with Crippen LogP contribution in [0.5, 0.6) is 0 Å². The molecule has 0 atom stereocenters. The minimum atomic E-state index is 0.311. The van der Waals surface area contributed by atoms with Gasteiger partial charge < -0.3 is 9.32 Å². The van der Waals surface area contributed by atoms with E-state index in [4.69, 9.17) is 4.42 Å². The molecule has 1 fully saturated rings. The summed E-state index contributed by atoms with van der Waals surface area (Å²) in [6.07, 6.45) is 3.39. The number of hydrogen-bond donors (Lipinski definition) is 0. The summed E-state index contributed by atoms with van der Waals surface area (Å²) in [7, 11) is 0. The first-order chi connectivity index (χ1) is 9.15. The lowest BCUT2D eigenvalue weighted by Gasteiger charge is -2.34. The van der Waals surface area contributed by atoms with E-state index in [9.17, 15) is 4.79 Å². The van der Waals surface area contributed by atoms with Crippen molar-refractivity contribution in [3.63, 3.8) is 0 Å². The van der Waals surface area contributed by atoms with Crippen LogP contribution in [0.1, 0.15) is 32.4 Å². The molecule has 0 aliphatic carbocycles. The predicted molar refractivity (Wildman–Crippen MR) is 74.6 cm³/mol. The van der Waals surface area contributed by atoms with E-state index in [1.165, 1.54) is 0 Å². The van der Waals surface area contributed by atoms with Crippen molar-refractivity contribution >= 4 is 5.91 Å². The molecule has 0 aromatic carbocycles. The van der Waals surface area contributed by atoms with Crippen LogP contribution in [0.3, 0.4) is 0 Å². The van der Waals surface area contributed by atoms with Gasteiger partial charge in [0, 0.05) is 32.6 Å². The van der Waals surface area contributed by atoms with Crippen LogP contribution in [0.2, 0.25) is 0 Å². The summed E-state index contributed by atoms with van der Waals surface area (Å²) in [5.74, 6) is 1.91. The Kier molecular flexibility index (Phi) is 5.02. The predicted octanol–water partition coefficient (Wildman–Crippen LogP) is 2.36. The Labute approximate surface area is 115 Å². The van der Waals surface area contributed by atoms with Crippen LogP contribution in [-0.2, 0) is 11.3 Å². The highest BCUT2D eigenvalue weighted by atomic mass is 16.3. The quantitative estimate of drug-likeness (QED) is 0.819. The molecular weight excluding hydrogens is 240 g/mol. The zero-order valence-electron chi connectivity index (χ0n) is 12.0. The molecular formula is C15H24N2O2. The number of rotatable bonds is 5. The summed E-state index contributed by atoms with van der Waals surface area (Å²) in [5, 5.41) is 0. The summed E-state index contributed by atoms with van der Waals surface area (Å²) in [6.45, 7) is 8.74. The highest BCUT2D eigenvalue weighted by molar-refractivity contribution is 5.76. The van der Waals surface area contributed by atoms with Gasteiger partial charge >= 0.3 is 0 Å². The van der Waals surface area contributed by atoms with Crippen LogP contribution in [0, 0.1) is 5.92 Å². The molecule has 1 aromatic heterocycles. The van der Waals surface area contributed by atoms with Crippen molar-refractivity contribution in [2.75, 3.05) is 26.2 Å². The van der Waals surface area contributed by atoms with Gasteiger partial charge in [-0.2, -0.15) is 0 Å². The Balaban J connectivity index is 1.71. The van der Waals surface area contributed by atoms with Crippen molar-refractivity contribution in [2.45, 2.75) is 33.2 Å². The number of carbonyl (C=O) groups is 1. The maximum Gasteiger partial charge on any atom is 0.222 e. The van der Waals surface area contributed by atoms with Crippen LogP contribution in [0.15, 0.2) is 22.8 Å². The maximum atomic E-state index is 12.0. The SMILES string of the molecule is CC(C)CCC(=O)N1CCN(Cc2ccco2)CC1. The van der Waals surface area contributed by atoms with E-state index < -0.39 is 0 Å². The molecule has 4 heteroatoms. The molecule has 0 saturated carbocycles. The topological polar surface area (TPSA) is 36.7 Å². The second kappa shape index (κ2) is 6.75. The van der Waals surface area contributed by atoms with Crippen molar-refractivity contribution in [1.82, 2.24) is 9.80 Å². The van der Waals surface area contributed by atoms with E-state index in [-0.39, 0.29) is 0 Å². The Morgan fingerprint density at radius 3 is 2.63 bits per heavy atom. The third-order valence-electron chi connectivity index (χ3n) is 3.62. The first kappa shape index (κ1) is 14.1. The number of carbonyl (C=O) groups excluding carboxylic acids is 1. The minimum absolute atomic E-state index is 0.311. The molecule has 1 amide bonds. The van der Waals surface area contributed by atoms with E-state index >= 15 is 0 Å². The van der Waals surface area contributed by atoms with Gasteiger partial charge in [0.15, 0.2) is 0 Å². The van der Waals surface area contributed by atoms with E-state index in [2.05, 4.69) is 18.7 Å². The molecule has 0 N–H and O–H groups in total. The monoisotopic (exact) mass is 264 g/mol. The van der Waals surface area contributed by atoms with Crippen molar-refractivity contribution < 1.29 is 9.21 Å². The summed E-state index contributed by atoms with van der Waals surface area (Å²) >= 11 is 0. The molecule has 19 heavy (non-hydrogen) atoms. The third kappa shape index (κ3) is 4.39. The average Bonchev–Trinajstić information content (AvgIpc) is 2.89. The summed E-state index contributed by atoms with van der Waals surface area (Å²) < 4.78 is 5.35.